The Morgan fingerprint density at radius 1 is 1.36 bits per heavy atom. The molecule has 0 fully saturated rings. The molecule has 0 aliphatic carbocycles. The lowest BCUT2D eigenvalue weighted by molar-refractivity contribution is 0.206. The zero-order valence-electron chi connectivity index (χ0n) is 14.6. The van der Waals surface area contributed by atoms with Gasteiger partial charge in [-0.2, -0.15) is 5.26 Å². The van der Waals surface area contributed by atoms with Crippen LogP contribution < -0.4 is 10.2 Å². The number of anilines is 2. The van der Waals surface area contributed by atoms with Gasteiger partial charge in [-0.25, -0.2) is 14.8 Å². The summed E-state index contributed by atoms with van der Waals surface area (Å²) in [6.45, 7) is 2.95. The van der Waals surface area contributed by atoms with Gasteiger partial charge in [-0.1, -0.05) is 6.07 Å². The minimum absolute atomic E-state index is 0.189. The number of amides is 2. The van der Waals surface area contributed by atoms with E-state index in [9.17, 15) is 4.79 Å². The second kappa shape index (κ2) is 6.77. The van der Waals surface area contributed by atoms with E-state index in [4.69, 9.17) is 5.26 Å². The van der Waals surface area contributed by atoms with Gasteiger partial charge in [0, 0.05) is 38.3 Å². The third-order valence-electron chi connectivity index (χ3n) is 4.10. The first kappa shape index (κ1) is 16.7. The third kappa shape index (κ3) is 3.53. The summed E-state index contributed by atoms with van der Waals surface area (Å²) in [6, 6.07) is 8.77. The van der Waals surface area contributed by atoms with Crippen LogP contribution in [0.25, 0.3) is 0 Å². The van der Waals surface area contributed by atoms with E-state index < -0.39 is 0 Å². The summed E-state index contributed by atoms with van der Waals surface area (Å²) < 4.78 is 0. The first-order chi connectivity index (χ1) is 12.0. The molecule has 1 aromatic carbocycles. The monoisotopic (exact) mass is 336 g/mol. The van der Waals surface area contributed by atoms with Crippen molar-refractivity contribution in [1.82, 2.24) is 14.9 Å². The molecule has 0 bridgehead atoms. The van der Waals surface area contributed by atoms with E-state index in [1.54, 1.807) is 29.2 Å². The smallest absolute Gasteiger partial charge is 0.322 e. The van der Waals surface area contributed by atoms with Crippen molar-refractivity contribution in [1.29, 1.82) is 5.26 Å². The van der Waals surface area contributed by atoms with E-state index in [1.807, 2.05) is 25.9 Å². The molecular formula is C18H20N6O. The Balaban J connectivity index is 1.80. The van der Waals surface area contributed by atoms with Crippen LogP contribution in [0.5, 0.6) is 0 Å². The van der Waals surface area contributed by atoms with E-state index in [0.717, 1.165) is 22.9 Å². The predicted octanol–water partition coefficient (Wildman–Crippen LogP) is 2.31. The minimum Gasteiger partial charge on any atom is -0.362 e. The lowest BCUT2D eigenvalue weighted by Crippen LogP contribution is -2.40. The van der Waals surface area contributed by atoms with E-state index >= 15 is 0 Å². The van der Waals surface area contributed by atoms with Crippen LogP contribution in [-0.4, -0.2) is 41.5 Å². The summed E-state index contributed by atoms with van der Waals surface area (Å²) in [7, 11) is 3.88. The van der Waals surface area contributed by atoms with Crippen molar-refractivity contribution in [2.24, 2.45) is 0 Å². The maximum absolute atomic E-state index is 12.6. The lowest BCUT2D eigenvalue weighted by Gasteiger charge is -2.31. The zero-order chi connectivity index (χ0) is 18.0. The number of nitriles is 1. The number of nitrogens with one attached hydrogen (secondary N) is 1. The van der Waals surface area contributed by atoms with E-state index in [2.05, 4.69) is 21.4 Å². The summed E-state index contributed by atoms with van der Waals surface area (Å²) in [6.07, 6.45) is 0.700. The summed E-state index contributed by atoms with van der Waals surface area (Å²) in [5.41, 5.74) is 3.12. The van der Waals surface area contributed by atoms with E-state index in [-0.39, 0.29) is 6.03 Å². The molecule has 7 heteroatoms. The molecule has 2 heterocycles. The maximum atomic E-state index is 12.6. The van der Waals surface area contributed by atoms with Gasteiger partial charge < -0.3 is 15.1 Å². The highest BCUT2D eigenvalue weighted by atomic mass is 16.2. The van der Waals surface area contributed by atoms with E-state index in [1.165, 1.54) is 0 Å². The molecule has 0 unspecified atom stereocenters. The average molecular weight is 336 g/mol. The number of carbonyl (C=O) groups is 1. The summed E-state index contributed by atoms with van der Waals surface area (Å²) >= 11 is 0. The van der Waals surface area contributed by atoms with Gasteiger partial charge in [-0.05, 0) is 25.1 Å². The molecule has 25 heavy (non-hydrogen) atoms. The van der Waals surface area contributed by atoms with Crippen LogP contribution in [-0.2, 0) is 13.0 Å². The first-order valence-corrected chi connectivity index (χ1v) is 8.07. The molecule has 1 aliphatic rings. The molecule has 0 saturated carbocycles. The molecule has 1 aliphatic heterocycles. The van der Waals surface area contributed by atoms with Crippen LogP contribution in [0.3, 0.4) is 0 Å². The molecule has 0 spiro atoms. The second-order valence-corrected chi connectivity index (χ2v) is 6.21. The molecule has 1 N–H and O–H groups in total. The standard InChI is InChI=1S/C18H20N6O/c1-12-20-16-7-8-24(11-15(16)17(21-12)23(2)3)18(25)22-14-6-4-5-13(9-14)10-19/h4-6,9H,7-8,11H2,1-3H3,(H,22,25). The summed E-state index contributed by atoms with van der Waals surface area (Å²) in [5.74, 6) is 1.60. The largest absolute Gasteiger partial charge is 0.362 e. The number of nitrogens with zero attached hydrogens (tertiary/aromatic N) is 5. The Labute approximate surface area is 146 Å². The number of benzene rings is 1. The number of urea groups is 1. The normalized spacial score (nSPS) is 13.0. The number of aromatic nitrogens is 2. The van der Waals surface area contributed by atoms with Crippen molar-refractivity contribution in [3.63, 3.8) is 0 Å². The second-order valence-electron chi connectivity index (χ2n) is 6.21. The van der Waals surface area contributed by atoms with Crippen molar-refractivity contribution in [2.75, 3.05) is 30.9 Å². The molecule has 1 aromatic heterocycles. The molecule has 3 rings (SSSR count). The van der Waals surface area contributed by atoms with Gasteiger partial charge in [-0.15, -0.1) is 0 Å². The van der Waals surface area contributed by atoms with Gasteiger partial charge in [0.05, 0.1) is 23.9 Å². The van der Waals surface area contributed by atoms with E-state index in [0.29, 0.717) is 30.8 Å². The molecule has 2 amide bonds. The van der Waals surface area contributed by atoms with Crippen LogP contribution >= 0.6 is 0 Å². The maximum Gasteiger partial charge on any atom is 0.322 e. The Hall–Kier alpha value is -3.14. The van der Waals surface area contributed by atoms with Crippen molar-refractivity contribution < 1.29 is 4.79 Å². The quantitative estimate of drug-likeness (QED) is 0.909. The number of rotatable bonds is 2. The summed E-state index contributed by atoms with van der Waals surface area (Å²) in [4.78, 5) is 25.3. The Morgan fingerprint density at radius 2 is 2.16 bits per heavy atom. The molecule has 0 radical (unpaired) electrons. The highest BCUT2D eigenvalue weighted by Crippen LogP contribution is 2.26. The topological polar surface area (TPSA) is 85.2 Å². The highest BCUT2D eigenvalue weighted by Gasteiger charge is 2.25. The number of hydrogen-bond donors (Lipinski definition) is 1. The molecule has 0 atom stereocenters. The lowest BCUT2D eigenvalue weighted by atomic mass is 10.1. The third-order valence-corrected chi connectivity index (χ3v) is 4.10. The molecule has 2 aromatic rings. The van der Waals surface area contributed by atoms with Crippen molar-refractivity contribution in [3.8, 4) is 6.07 Å². The summed E-state index contributed by atoms with van der Waals surface area (Å²) in [5, 5.41) is 11.8. The SMILES string of the molecule is Cc1nc2c(c(N(C)C)n1)CN(C(=O)Nc1cccc(C#N)c1)CC2. The molecule has 0 saturated heterocycles. The zero-order valence-corrected chi connectivity index (χ0v) is 14.6. The van der Waals surface area contributed by atoms with Gasteiger partial charge in [0.2, 0.25) is 0 Å². The molecular weight excluding hydrogens is 316 g/mol. The van der Waals surface area contributed by atoms with Crippen LogP contribution in [0, 0.1) is 18.3 Å². The van der Waals surface area contributed by atoms with Crippen molar-refractivity contribution in [3.05, 3.63) is 46.9 Å². The predicted molar refractivity (Wildman–Crippen MR) is 95.4 cm³/mol. The van der Waals surface area contributed by atoms with Crippen LogP contribution in [0.2, 0.25) is 0 Å². The van der Waals surface area contributed by atoms with Gasteiger partial charge in [0.25, 0.3) is 0 Å². The van der Waals surface area contributed by atoms with Gasteiger partial charge in [0.15, 0.2) is 0 Å². The van der Waals surface area contributed by atoms with Crippen molar-refractivity contribution >= 4 is 17.5 Å². The van der Waals surface area contributed by atoms with Crippen molar-refractivity contribution in [2.45, 2.75) is 19.9 Å². The highest BCUT2D eigenvalue weighted by molar-refractivity contribution is 5.89. The molecule has 7 nitrogen and oxygen atoms in total. The number of aryl methyl sites for hydroxylation is 1. The fraction of sp³-hybridized carbons (Fsp3) is 0.333. The van der Waals surface area contributed by atoms with Crippen LogP contribution in [0.1, 0.15) is 22.6 Å². The van der Waals surface area contributed by atoms with Gasteiger partial charge in [-0.3, -0.25) is 0 Å². The van der Waals surface area contributed by atoms with Crippen LogP contribution in [0.4, 0.5) is 16.3 Å². The van der Waals surface area contributed by atoms with Gasteiger partial charge >= 0.3 is 6.03 Å². The minimum atomic E-state index is -0.189. The first-order valence-electron chi connectivity index (χ1n) is 8.07. The number of carbonyl (C=O) groups excluding carboxylic acids is 1. The van der Waals surface area contributed by atoms with Crippen LogP contribution in [0.15, 0.2) is 24.3 Å². The fourth-order valence-corrected chi connectivity index (χ4v) is 2.93. The Bertz CT molecular complexity index is 855. The fourth-order valence-electron chi connectivity index (χ4n) is 2.93. The number of hydrogen-bond acceptors (Lipinski definition) is 5. The molecule has 128 valence electrons. The number of fused-ring (bicyclic) bond motifs is 1. The van der Waals surface area contributed by atoms with Gasteiger partial charge in [0.1, 0.15) is 11.6 Å². The Morgan fingerprint density at radius 3 is 2.88 bits per heavy atom. The Kier molecular flexibility index (Phi) is 4.52. The average Bonchev–Trinajstić information content (AvgIpc) is 2.60.